The number of aliphatic imine (C=N–C) groups is 1. The van der Waals surface area contributed by atoms with Gasteiger partial charge in [-0.05, 0) is 38.0 Å². The number of nitrogens with one attached hydrogen (secondary N) is 2. The maximum atomic E-state index is 12.8. The summed E-state index contributed by atoms with van der Waals surface area (Å²) in [5, 5.41) is 16.4. The Hall–Kier alpha value is -3.40. The van der Waals surface area contributed by atoms with Crippen LogP contribution < -0.4 is 21.3 Å². The molecule has 0 unspecified atom stereocenters. The summed E-state index contributed by atoms with van der Waals surface area (Å²) >= 11 is 0. The number of benzene rings is 1. The lowest BCUT2D eigenvalue weighted by Gasteiger charge is -2.13. The molecule has 2 heterocycles. The van der Waals surface area contributed by atoms with Crippen molar-refractivity contribution in [1.82, 2.24) is 19.7 Å². The largest absolute Gasteiger partial charge is 0.493 e. The third-order valence-corrected chi connectivity index (χ3v) is 4.65. The summed E-state index contributed by atoms with van der Waals surface area (Å²) in [6.45, 7) is 4.89. The van der Waals surface area contributed by atoms with Gasteiger partial charge in [0, 0.05) is 25.9 Å². The fraction of sp³-hybridized carbons (Fsp3) is 0.429. The number of ether oxygens (including phenoxy) is 1. The van der Waals surface area contributed by atoms with E-state index in [1.165, 1.54) is 0 Å². The summed E-state index contributed by atoms with van der Waals surface area (Å²) in [5.41, 5.74) is 8.79. The van der Waals surface area contributed by atoms with Crippen molar-refractivity contribution in [2.45, 2.75) is 33.1 Å². The van der Waals surface area contributed by atoms with Crippen molar-refractivity contribution in [3.63, 3.8) is 0 Å². The number of aliphatic hydroxyl groups excluding tert-OH is 1. The fourth-order valence-corrected chi connectivity index (χ4v) is 3.31. The van der Waals surface area contributed by atoms with Crippen LogP contribution in [0.5, 0.6) is 5.75 Å². The summed E-state index contributed by atoms with van der Waals surface area (Å²) in [5.74, 6) is 1.22. The molecule has 0 saturated carbocycles. The molecule has 5 N–H and O–H groups in total. The Morgan fingerprint density at radius 2 is 2.19 bits per heavy atom. The minimum Gasteiger partial charge on any atom is -0.493 e. The van der Waals surface area contributed by atoms with E-state index in [9.17, 15) is 4.79 Å². The zero-order chi connectivity index (χ0) is 22.4. The molecule has 3 aromatic rings. The number of fused-ring (bicyclic) bond motifs is 1. The molecule has 0 fully saturated rings. The number of aromatic amines is 1. The molecule has 0 saturated heterocycles. The fourth-order valence-electron chi connectivity index (χ4n) is 3.31. The SMILES string of the molecule is CCCc1nn(C)c2c(=O)[nH]c(-c3cc(NC(N)=NCCCO)ccc3OCC)nc12. The van der Waals surface area contributed by atoms with Crippen LogP contribution in [0.25, 0.3) is 22.4 Å². The van der Waals surface area contributed by atoms with Gasteiger partial charge in [-0.2, -0.15) is 5.10 Å². The molecule has 0 radical (unpaired) electrons. The highest BCUT2D eigenvalue weighted by Crippen LogP contribution is 2.31. The summed E-state index contributed by atoms with van der Waals surface area (Å²) in [7, 11) is 1.74. The summed E-state index contributed by atoms with van der Waals surface area (Å²) in [6.07, 6.45) is 2.16. The molecule has 0 aliphatic heterocycles. The zero-order valence-corrected chi connectivity index (χ0v) is 18.1. The van der Waals surface area contributed by atoms with Crippen LogP contribution >= 0.6 is 0 Å². The lowest BCUT2D eigenvalue weighted by Crippen LogP contribution is -2.23. The average Bonchev–Trinajstić information content (AvgIpc) is 3.05. The van der Waals surface area contributed by atoms with E-state index < -0.39 is 0 Å². The van der Waals surface area contributed by atoms with Gasteiger partial charge in [0.25, 0.3) is 5.56 Å². The number of aromatic nitrogens is 4. The number of rotatable bonds is 9. The number of anilines is 1. The van der Waals surface area contributed by atoms with E-state index in [1.54, 1.807) is 23.9 Å². The van der Waals surface area contributed by atoms with Crippen LogP contribution in [0.15, 0.2) is 28.0 Å². The third-order valence-electron chi connectivity index (χ3n) is 4.65. The van der Waals surface area contributed by atoms with E-state index in [-0.39, 0.29) is 18.1 Å². The molecule has 0 atom stereocenters. The number of guanidine groups is 1. The Kier molecular flexibility index (Phi) is 7.24. The number of aryl methyl sites for hydroxylation is 2. The Bertz CT molecular complexity index is 1130. The number of H-pyrrole nitrogens is 1. The molecule has 0 bridgehead atoms. The molecule has 10 nitrogen and oxygen atoms in total. The highest BCUT2D eigenvalue weighted by molar-refractivity contribution is 5.93. The van der Waals surface area contributed by atoms with E-state index in [0.717, 1.165) is 18.5 Å². The Balaban J connectivity index is 2.07. The number of nitrogens with two attached hydrogens (primary N) is 1. The standard InChI is InChI=1S/C21H29N7O3/c1-4-7-15-17-18(28(3)27-15)20(30)26-19(25-17)14-12-13(8-9-16(14)31-5-2)24-21(22)23-10-6-11-29/h8-9,12,29H,4-7,10-11H2,1-3H3,(H3,22,23,24)(H,25,26,30). The van der Waals surface area contributed by atoms with Crippen LogP contribution in [-0.2, 0) is 13.5 Å². The molecule has 3 rings (SSSR count). The topological polar surface area (TPSA) is 143 Å². The zero-order valence-electron chi connectivity index (χ0n) is 18.1. The number of hydrogen-bond acceptors (Lipinski definition) is 6. The van der Waals surface area contributed by atoms with Crippen molar-refractivity contribution in [3.05, 3.63) is 34.2 Å². The van der Waals surface area contributed by atoms with Gasteiger partial charge < -0.3 is 25.9 Å². The van der Waals surface area contributed by atoms with Crippen LogP contribution in [0, 0.1) is 0 Å². The van der Waals surface area contributed by atoms with Crippen molar-refractivity contribution < 1.29 is 9.84 Å². The normalized spacial score (nSPS) is 11.8. The third kappa shape index (κ3) is 5.02. The van der Waals surface area contributed by atoms with Gasteiger partial charge in [0.15, 0.2) is 11.5 Å². The molecular weight excluding hydrogens is 398 g/mol. The molecule has 0 aliphatic rings. The van der Waals surface area contributed by atoms with Crippen molar-refractivity contribution >= 4 is 22.7 Å². The van der Waals surface area contributed by atoms with Crippen LogP contribution in [-0.4, -0.2) is 50.6 Å². The molecule has 31 heavy (non-hydrogen) atoms. The van der Waals surface area contributed by atoms with Gasteiger partial charge in [-0.15, -0.1) is 0 Å². The first-order valence-electron chi connectivity index (χ1n) is 10.4. The molecule has 10 heteroatoms. The van der Waals surface area contributed by atoms with Crippen LogP contribution in [0.2, 0.25) is 0 Å². The van der Waals surface area contributed by atoms with Crippen LogP contribution in [0.1, 0.15) is 32.4 Å². The second kappa shape index (κ2) is 10.1. The summed E-state index contributed by atoms with van der Waals surface area (Å²) in [4.78, 5) is 24.6. The molecule has 0 aliphatic carbocycles. The maximum absolute atomic E-state index is 12.8. The highest BCUT2D eigenvalue weighted by atomic mass is 16.5. The first kappa shape index (κ1) is 22.3. The molecule has 0 amide bonds. The summed E-state index contributed by atoms with van der Waals surface area (Å²) in [6, 6.07) is 5.41. The lowest BCUT2D eigenvalue weighted by molar-refractivity contribution is 0.291. The number of nitrogens with zero attached hydrogens (tertiary/aromatic N) is 4. The maximum Gasteiger partial charge on any atom is 0.277 e. The number of aliphatic hydroxyl groups is 1. The average molecular weight is 428 g/mol. The monoisotopic (exact) mass is 427 g/mol. The second-order valence-electron chi connectivity index (χ2n) is 7.05. The quantitative estimate of drug-likeness (QED) is 0.231. The van der Waals surface area contributed by atoms with Crippen molar-refractivity contribution in [2.75, 3.05) is 25.1 Å². The lowest BCUT2D eigenvalue weighted by atomic mass is 10.1. The highest BCUT2D eigenvalue weighted by Gasteiger charge is 2.17. The predicted octanol–water partition coefficient (Wildman–Crippen LogP) is 1.78. The Morgan fingerprint density at radius 1 is 1.39 bits per heavy atom. The molecule has 0 spiro atoms. The first-order valence-corrected chi connectivity index (χ1v) is 10.4. The van der Waals surface area contributed by atoms with Crippen molar-refractivity contribution in [3.8, 4) is 17.1 Å². The van der Waals surface area contributed by atoms with Gasteiger partial charge in [-0.25, -0.2) is 4.98 Å². The second-order valence-corrected chi connectivity index (χ2v) is 7.05. The van der Waals surface area contributed by atoms with Crippen LogP contribution in [0.4, 0.5) is 5.69 Å². The van der Waals surface area contributed by atoms with Gasteiger partial charge in [-0.3, -0.25) is 14.5 Å². The van der Waals surface area contributed by atoms with Gasteiger partial charge >= 0.3 is 0 Å². The van der Waals surface area contributed by atoms with Crippen LogP contribution in [0.3, 0.4) is 0 Å². The van der Waals surface area contributed by atoms with Gasteiger partial charge in [0.05, 0.1) is 17.9 Å². The molecule has 2 aromatic heterocycles. The van der Waals surface area contributed by atoms with E-state index in [0.29, 0.717) is 53.4 Å². The smallest absolute Gasteiger partial charge is 0.277 e. The van der Waals surface area contributed by atoms with Gasteiger partial charge in [0.2, 0.25) is 0 Å². The molecule has 1 aromatic carbocycles. The van der Waals surface area contributed by atoms with E-state index >= 15 is 0 Å². The minimum absolute atomic E-state index is 0.0554. The summed E-state index contributed by atoms with van der Waals surface area (Å²) < 4.78 is 7.34. The van der Waals surface area contributed by atoms with Crippen molar-refractivity contribution in [1.29, 1.82) is 0 Å². The Morgan fingerprint density at radius 3 is 2.90 bits per heavy atom. The van der Waals surface area contributed by atoms with Gasteiger partial charge in [-0.1, -0.05) is 13.3 Å². The molecular formula is C21H29N7O3. The Labute approximate surface area is 180 Å². The predicted molar refractivity (Wildman–Crippen MR) is 122 cm³/mol. The van der Waals surface area contributed by atoms with Gasteiger partial charge in [0.1, 0.15) is 17.1 Å². The van der Waals surface area contributed by atoms with Crippen molar-refractivity contribution in [2.24, 2.45) is 17.8 Å². The number of hydrogen-bond donors (Lipinski definition) is 4. The van der Waals surface area contributed by atoms with E-state index in [4.69, 9.17) is 20.6 Å². The van der Waals surface area contributed by atoms with E-state index in [2.05, 4.69) is 27.3 Å². The minimum atomic E-state index is -0.261. The molecule has 166 valence electrons. The van der Waals surface area contributed by atoms with E-state index in [1.807, 2.05) is 13.0 Å². The first-order chi connectivity index (χ1) is 15.0.